The van der Waals surface area contributed by atoms with Crippen molar-refractivity contribution in [2.45, 2.75) is 13.8 Å². The molecule has 1 aromatic heterocycles. The number of aryl methyl sites for hydroxylation is 2. The van der Waals surface area contributed by atoms with Gasteiger partial charge in [-0.2, -0.15) is 0 Å². The van der Waals surface area contributed by atoms with Crippen molar-refractivity contribution in [2.24, 2.45) is 0 Å². The molecule has 0 unspecified atom stereocenters. The molecule has 88 valence electrons. The SMILES string of the molecule is Cc1cc(Cl)ccc1OC(=O)c1occc1C. The second-order valence-electron chi connectivity index (χ2n) is 3.73. The van der Waals surface area contributed by atoms with Gasteiger partial charge in [0.1, 0.15) is 5.75 Å². The van der Waals surface area contributed by atoms with Crippen molar-refractivity contribution in [3.8, 4) is 5.75 Å². The summed E-state index contributed by atoms with van der Waals surface area (Å²) in [5.41, 5.74) is 1.55. The largest absolute Gasteiger partial charge is 0.457 e. The van der Waals surface area contributed by atoms with Crippen LogP contribution >= 0.6 is 11.6 Å². The molecule has 4 heteroatoms. The molecule has 0 spiro atoms. The van der Waals surface area contributed by atoms with E-state index in [1.807, 2.05) is 6.92 Å². The van der Waals surface area contributed by atoms with Crippen LogP contribution in [0.4, 0.5) is 0 Å². The second kappa shape index (κ2) is 4.63. The van der Waals surface area contributed by atoms with Crippen molar-refractivity contribution in [1.29, 1.82) is 0 Å². The fourth-order valence-corrected chi connectivity index (χ4v) is 1.68. The van der Waals surface area contributed by atoms with Gasteiger partial charge in [0.25, 0.3) is 0 Å². The van der Waals surface area contributed by atoms with Crippen molar-refractivity contribution >= 4 is 17.6 Å². The predicted molar refractivity (Wildman–Crippen MR) is 64.6 cm³/mol. The Bertz CT molecular complexity index is 558. The van der Waals surface area contributed by atoms with E-state index in [2.05, 4.69) is 0 Å². The number of furan rings is 1. The molecule has 0 saturated heterocycles. The highest BCUT2D eigenvalue weighted by Crippen LogP contribution is 2.23. The zero-order valence-corrected chi connectivity index (χ0v) is 10.2. The molecular weight excluding hydrogens is 240 g/mol. The highest BCUT2D eigenvalue weighted by Gasteiger charge is 2.16. The first-order valence-electron chi connectivity index (χ1n) is 5.10. The summed E-state index contributed by atoms with van der Waals surface area (Å²) in [5.74, 6) is 0.201. The van der Waals surface area contributed by atoms with Gasteiger partial charge >= 0.3 is 5.97 Å². The fourth-order valence-electron chi connectivity index (χ4n) is 1.46. The Hall–Kier alpha value is -1.74. The molecule has 0 fully saturated rings. The Morgan fingerprint density at radius 1 is 1.24 bits per heavy atom. The third-order valence-corrected chi connectivity index (χ3v) is 2.62. The minimum atomic E-state index is -0.502. The van der Waals surface area contributed by atoms with Crippen molar-refractivity contribution in [3.05, 3.63) is 52.4 Å². The molecule has 1 heterocycles. The molecule has 0 saturated carbocycles. The van der Waals surface area contributed by atoms with Crippen LogP contribution in [0.2, 0.25) is 5.02 Å². The Labute approximate surface area is 104 Å². The van der Waals surface area contributed by atoms with Crippen LogP contribution < -0.4 is 4.74 Å². The number of hydrogen-bond donors (Lipinski definition) is 0. The molecule has 3 nitrogen and oxygen atoms in total. The summed E-state index contributed by atoms with van der Waals surface area (Å²) >= 11 is 5.82. The fraction of sp³-hybridized carbons (Fsp3) is 0.154. The summed E-state index contributed by atoms with van der Waals surface area (Å²) in [4.78, 5) is 11.8. The average Bonchev–Trinajstić information content (AvgIpc) is 2.68. The van der Waals surface area contributed by atoms with E-state index >= 15 is 0 Å². The van der Waals surface area contributed by atoms with Gasteiger partial charge in [0.15, 0.2) is 0 Å². The topological polar surface area (TPSA) is 39.4 Å². The predicted octanol–water partition coefficient (Wildman–Crippen LogP) is 3.77. The number of benzene rings is 1. The quantitative estimate of drug-likeness (QED) is 0.602. The van der Waals surface area contributed by atoms with Gasteiger partial charge in [0.05, 0.1) is 6.26 Å². The second-order valence-corrected chi connectivity index (χ2v) is 4.17. The summed E-state index contributed by atoms with van der Waals surface area (Å²) < 4.78 is 10.3. The van der Waals surface area contributed by atoms with Gasteiger partial charge in [0.2, 0.25) is 5.76 Å². The monoisotopic (exact) mass is 250 g/mol. The number of ether oxygens (including phenoxy) is 1. The average molecular weight is 251 g/mol. The van der Waals surface area contributed by atoms with Gasteiger partial charge in [-0.15, -0.1) is 0 Å². The molecule has 0 radical (unpaired) electrons. The lowest BCUT2D eigenvalue weighted by Crippen LogP contribution is -2.09. The summed E-state index contributed by atoms with van der Waals surface area (Å²) in [6.45, 7) is 3.61. The van der Waals surface area contributed by atoms with Crippen molar-refractivity contribution < 1.29 is 13.9 Å². The number of esters is 1. The third kappa shape index (κ3) is 2.50. The first kappa shape index (κ1) is 11.7. The molecule has 0 aliphatic carbocycles. The molecule has 2 aromatic rings. The lowest BCUT2D eigenvalue weighted by Gasteiger charge is -2.06. The van der Waals surface area contributed by atoms with Crippen LogP contribution in [0.15, 0.2) is 34.9 Å². The van der Waals surface area contributed by atoms with Gasteiger partial charge in [0, 0.05) is 10.6 Å². The number of rotatable bonds is 2. The molecule has 17 heavy (non-hydrogen) atoms. The number of hydrogen-bond acceptors (Lipinski definition) is 3. The zero-order chi connectivity index (χ0) is 12.4. The van der Waals surface area contributed by atoms with Gasteiger partial charge in [-0.1, -0.05) is 11.6 Å². The van der Waals surface area contributed by atoms with Crippen LogP contribution in [0.25, 0.3) is 0 Å². The van der Waals surface area contributed by atoms with E-state index in [1.165, 1.54) is 6.26 Å². The number of halogens is 1. The number of carbonyl (C=O) groups is 1. The van der Waals surface area contributed by atoms with Crippen molar-refractivity contribution in [1.82, 2.24) is 0 Å². The first-order valence-corrected chi connectivity index (χ1v) is 5.48. The Morgan fingerprint density at radius 3 is 2.59 bits per heavy atom. The minimum absolute atomic E-state index is 0.222. The Balaban J connectivity index is 2.22. The summed E-state index contributed by atoms with van der Waals surface area (Å²) in [7, 11) is 0. The van der Waals surface area contributed by atoms with Crippen LogP contribution in [0.3, 0.4) is 0 Å². The normalized spacial score (nSPS) is 10.3. The lowest BCUT2D eigenvalue weighted by molar-refractivity contribution is 0.0699. The van der Waals surface area contributed by atoms with Crippen molar-refractivity contribution in [2.75, 3.05) is 0 Å². The zero-order valence-electron chi connectivity index (χ0n) is 9.49. The van der Waals surface area contributed by atoms with E-state index < -0.39 is 5.97 Å². The minimum Gasteiger partial charge on any atom is -0.457 e. The van der Waals surface area contributed by atoms with E-state index in [-0.39, 0.29) is 5.76 Å². The maximum Gasteiger partial charge on any atom is 0.379 e. The van der Waals surface area contributed by atoms with Gasteiger partial charge in [-0.3, -0.25) is 0 Å². The molecule has 1 aromatic carbocycles. The Morgan fingerprint density at radius 2 is 2.00 bits per heavy atom. The van der Waals surface area contributed by atoms with E-state index in [0.29, 0.717) is 10.8 Å². The molecule has 0 aliphatic rings. The number of carbonyl (C=O) groups excluding carboxylic acids is 1. The maximum absolute atomic E-state index is 11.8. The van der Waals surface area contributed by atoms with Gasteiger partial charge in [-0.25, -0.2) is 4.79 Å². The Kier molecular flexibility index (Phi) is 3.20. The van der Waals surface area contributed by atoms with Gasteiger partial charge < -0.3 is 9.15 Å². The molecule has 0 atom stereocenters. The molecule has 2 rings (SSSR count). The standard InChI is InChI=1S/C13H11ClO3/c1-8-5-6-16-12(8)13(15)17-11-4-3-10(14)7-9(11)2/h3-7H,1-2H3. The van der Waals surface area contributed by atoms with E-state index in [0.717, 1.165) is 11.1 Å². The highest BCUT2D eigenvalue weighted by molar-refractivity contribution is 6.30. The van der Waals surface area contributed by atoms with Crippen LogP contribution in [0.1, 0.15) is 21.7 Å². The van der Waals surface area contributed by atoms with Crippen LogP contribution in [-0.4, -0.2) is 5.97 Å². The van der Waals surface area contributed by atoms with Crippen LogP contribution in [0, 0.1) is 13.8 Å². The van der Waals surface area contributed by atoms with Crippen LogP contribution in [-0.2, 0) is 0 Å². The van der Waals surface area contributed by atoms with Crippen molar-refractivity contribution in [3.63, 3.8) is 0 Å². The molecule has 0 aliphatic heterocycles. The highest BCUT2D eigenvalue weighted by atomic mass is 35.5. The molecule has 0 N–H and O–H groups in total. The molecule has 0 bridgehead atoms. The van der Waals surface area contributed by atoms with E-state index in [1.54, 1.807) is 31.2 Å². The lowest BCUT2D eigenvalue weighted by atomic mass is 10.2. The summed E-state index contributed by atoms with van der Waals surface area (Å²) in [6, 6.07) is 6.78. The van der Waals surface area contributed by atoms with E-state index in [9.17, 15) is 4.79 Å². The molecular formula is C13H11ClO3. The third-order valence-electron chi connectivity index (χ3n) is 2.39. The summed E-state index contributed by atoms with van der Waals surface area (Å²) in [6.07, 6.45) is 1.46. The summed E-state index contributed by atoms with van der Waals surface area (Å²) in [5, 5.41) is 0.608. The first-order chi connectivity index (χ1) is 8.08. The maximum atomic E-state index is 11.8. The van der Waals surface area contributed by atoms with Crippen LogP contribution in [0.5, 0.6) is 5.75 Å². The van der Waals surface area contributed by atoms with Gasteiger partial charge in [-0.05, 0) is 43.7 Å². The van der Waals surface area contributed by atoms with E-state index in [4.69, 9.17) is 20.8 Å². The molecule has 0 amide bonds. The smallest absolute Gasteiger partial charge is 0.379 e.